The minimum absolute atomic E-state index is 0.0107. The second-order valence-electron chi connectivity index (χ2n) is 11.7. The molecule has 0 spiro atoms. The van der Waals surface area contributed by atoms with E-state index in [0.717, 1.165) is 43.7 Å². The summed E-state index contributed by atoms with van der Waals surface area (Å²) in [6.45, 7) is 3.31. The lowest BCUT2D eigenvalue weighted by Crippen LogP contribution is -2.48. The summed E-state index contributed by atoms with van der Waals surface area (Å²) in [7, 11) is 0. The van der Waals surface area contributed by atoms with Crippen LogP contribution in [0.25, 0.3) is 17.0 Å². The van der Waals surface area contributed by atoms with E-state index in [4.69, 9.17) is 16.0 Å². The summed E-state index contributed by atoms with van der Waals surface area (Å²) in [5.74, 6) is 0.235. The van der Waals surface area contributed by atoms with Gasteiger partial charge in [0.1, 0.15) is 18.2 Å². The molecule has 8 nitrogen and oxygen atoms in total. The molecule has 9 heteroatoms. The quantitative estimate of drug-likeness (QED) is 0.266. The van der Waals surface area contributed by atoms with Gasteiger partial charge in [-0.3, -0.25) is 19.2 Å². The number of piperidine rings is 1. The van der Waals surface area contributed by atoms with Crippen LogP contribution in [0, 0.1) is 11.3 Å². The van der Waals surface area contributed by atoms with E-state index >= 15 is 0 Å². The van der Waals surface area contributed by atoms with Crippen molar-refractivity contribution in [3.05, 3.63) is 99.5 Å². The van der Waals surface area contributed by atoms with Crippen LogP contribution >= 0.6 is 11.6 Å². The molecule has 2 aromatic heterocycles. The first-order chi connectivity index (χ1) is 20.5. The summed E-state index contributed by atoms with van der Waals surface area (Å²) in [5, 5.41) is 8.60. The summed E-state index contributed by atoms with van der Waals surface area (Å²) >= 11 is 6.12. The van der Waals surface area contributed by atoms with Gasteiger partial charge in [0.15, 0.2) is 11.2 Å². The van der Waals surface area contributed by atoms with Crippen molar-refractivity contribution >= 4 is 34.6 Å². The number of rotatable bonds is 8. The normalized spacial score (nSPS) is 18.3. The second kappa shape index (κ2) is 12.6. The summed E-state index contributed by atoms with van der Waals surface area (Å²) in [6, 6.07) is 15.7. The highest BCUT2D eigenvalue weighted by Gasteiger charge is 2.42. The number of nitrogens with zero attached hydrogens (tertiary/aromatic N) is 4. The van der Waals surface area contributed by atoms with Crippen molar-refractivity contribution in [3.8, 4) is 0 Å². The number of amides is 1. The molecular weight excluding hydrogens is 550 g/mol. The third kappa shape index (κ3) is 6.50. The lowest BCUT2D eigenvalue weighted by molar-refractivity contribution is 0.0137. The standard InChI is InChI=1S/C33H36ClN5O3/c34-26-12-10-24(11-13-26)18-27(37-32(41)31-19-29(40)28-8-4-5-9-30(28)42-31)20-38-16-14-33(15-17-38,21-39-23-35-22-36-39)25-6-2-1-3-7-25/h4-5,8-13,18-19,22-23,25H,1-3,6-7,14-17,20-21H2,(H,37,41)/b27-18-. The zero-order chi connectivity index (χ0) is 28.9. The van der Waals surface area contributed by atoms with E-state index in [9.17, 15) is 9.59 Å². The first-order valence-electron chi connectivity index (χ1n) is 14.8. The van der Waals surface area contributed by atoms with Crippen LogP contribution in [0.1, 0.15) is 61.1 Å². The van der Waals surface area contributed by atoms with E-state index in [1.165, 1.54) is 38.2 Å². The van der Waals surface area contributed by atoms with E-state index in [1.807, 2.05) is 41.4 Å². The maximum atomic E-state index is 13.4. The van der Waals surface area contributed by atoms with E-state index < -0.39 is 5.91 Å². The molecule has 2 fully saturated rings. The van der Waals surface area contributed by atoms with Gasteiger partial charge in [0.05, 0.1) is 5.39 Å². The SMILES string of the molecule is O=C(N/C(=C\c1ccc(Cl)cc1)CN1CCC(Cn2cncn2)(C2CCCCC2)CC1)c1cc(=O)c2ccccc2o1. The van der Waals surface area contributed by atoms with Gasteiger partial charge in [-0.1, -0.05) is 55.1 Å². The molecule has 218 valence electrons. The number of halogens is 1. The Bertz CT molecular complexity index is 1600. The zero-order valence-electron chi connectivity index (χ0n) is 23.7. The fraction of sp³-hybridized carbons (Fsp3) is 0.394. The minimum atomic E-state index is -0.446. The Labute approximate surface area is 250 Å². The summed E-state index contributed by atoms with van der Waals surface area (Å²) in [6.07, 6.45) is 14.1. The van der Waals surface area contributed by atoms with E-state index in [1.54, 1.807) is 30.6 Å². The summed E-state index contributed by atoms with van der Waals surface area (Å²) in [5.41, 5.74) is 2.00. The zero-order valence-corrected chi connectivity index (χ0v) is 24.4. The molecule has 0 bridgehead atoms. The second-order valence-corrected chi connectivity index (χ2v) is 12.1. The number of para-hydroxylation sites is 1. The van der Waals surface area contributed by atoms with E-state index in [-0.39, 0.29) is 16.6 Å². The molecule has 1 aliphatic carbocycles. The molecule has 4 aromatic rings. The number of nitrogens with one attached hydrogen (secondary N) is 1. The predicted octanol–water partition coefficient (Wildman–Crippen LogP) is 6.17. The Kier molecular flexibility index (Phi) is 8.53. The molecule has 0 atom stereocenters. The largest absolute Gasteiger partial charge is 0.451 e. The van der Waals surface area contributed by atoms with Crippen LogP contribution in [0.4, 0.5) is 0 Å². The molecule has 1 aliphatic heterocycles. The predicted molar refractivity (Wildman–Crippen MR) is 164 cm³/mol. The number of hydrogen-bond acceptors (Lipinski definition) is 6. The smallest absolute Gasteiger partial charge is 0.291 e. The lowest BCUT2D eigenvalue weighted by atomic mass is 9.63. The molecule has 2 aromatic carbocycles. The van der Waals surface area contributed by atoms with Crippen molar-refractivity contribution in [2.75, 3.05) is 19.6 Å². The maximum absolute atomic E-state index is 13.4. The van der Waals surface area contributed by atoms with Gasteiger partial charge >= 0.3 is 0 Å². The Morgan fingerprint density at radius 3 is 2.57 bits per heavy atom. The maximum Gasteiger partial charge on any atom is 0.291 e. The Hall–Kier alpha value is -3.75. The van der Waals surface area contributed by atoms with Crippen LogP contribution in [-0.4, -0.2) is 45.2 Å². The molecule has 0 radical (unpaired) electrons. The van der Waals surface area contributed by atoms with Crippen LogP contribution in [0.2, 0.25) is 5.02 Å². The van der Waals surface area contributed by atoms with Crippen molar-refractivity contribution < 1.29 is 9.21 Å². The Morgan fingerprint density at radius 2 is 1.83 bits per heavy atom. The number of fused-ring (bicyclic) bond motifs is 1. The fourth-order valence-corrected chi connectivity index (χ4v) is 6.88. The monoisotopic (exact) mass is 585 g/mol. The Morgan fingerprint density at radius 1 is 1.07 bits per heavy atom. The average molecular weight is 586 g/mol. The third-order valence-electron chi connectivity index (χ3n) is 9.00. The molecule has 42 heavy (non-hydrogen) atoms. The number of carbonyl (C=O) groups is 1. The number of likely N-dealkylation sites (tertiary alicyclic amines) is 1. The van der Waals surface area contributed by atoms with Crippen LogP contribution in [0.15, 0.2) is 82.2 Å². The average Bonchev–Trinajstić information content (AvgIpc) is 3.52. The fourth-order valence-electron chi connectivity index (χ4n) is 6.75. The molecular formula is C33H36ClN5O3. The van der Waals surface area contributed by atoms with Crippen LogP contribution in [-0.2, 0) is 6.54 Å². The lowest BCUT2D eigenvalue weighted by Gasteiger charge is -2.48. The first-order valence-corrected chi connectivity index (χ1v) is 15.2. The van der Waals surface area contributed by atoms with Gasteiger partial charge in [0.2, 0.25) is 0 Å². The minimum Gasteiger partial charge on any atom is -0.451 e. The molecule has 0 unspecified atom stereocenters. The van der Waals surface area contributed by atoms with Gasteiger partial charge in [-0.15, -0.1) is 0 Å². The van der Waals surface area contributed by atoms with Crippen LogP contribution in [0.5, 0.6) is 0 Å². The molecule has 1 amide bonds. The van der Waals surface area contributed by atoms with Crippen LogP contribution < -0.4 is 10.7 Å². The molecule has 6 rings (SSSR count). The molecule has 1 saturated carbocycles. The highest BCUT2D eigenvalue weighted by atomic mass is 35.5. The molecule has 1 N–H and O–H groups in total. The highest BCUT2D eigenvalue weighted by Crippen LogP contribution is 2.47. The Balaban J connectivity index is 1.21. The van der Waals surface area contributed by atoms with Crippen molar-refractivity contribution in [3.63, 3.8) is 0 Å². The molecule has 1 saturated heterocycles. The van der Waals surface area contributed by atoms with Crippen LogP contribution in [0.3, 0.4) is 0 Å². The van der Waals surface area contributed by atoms with Gasteiger partial charge in [-0.05, 0) is 86.0 Å². The highest BCUT2D eigenvalue weighted by molar-refractivity contribution is 6.30. The van der Waals surface area contributed by atoms with Crippen molar-refractivity contribution in [1.82, 2.24) is 25.0 Å². The molecule has 3 heterocycles. The van der Waals surface area contributed by atoms with Crippen molar-refractivity contribution in [1.29, 1.82) is 0 Å². The van der Waals surface area contributed by atoms with Gasteiger partial charge in [0.25, 0.3) is 5.91 Å². The van der Waals surface area contributed by atoms with Crippen molar-refractivity contribution in [2.45, 2.75) is 51.5 Å². The summed E-state index contributed by atoms with van der Waals surface area (Å²) < 4.78 is 7.83. The topological polar surface area (TPSA) is 93.3 Å². The number of aromatic nitrogens is 3. The number of benzene rings is 2. The van der Waals surface area contributed by atoms with E-state index in [2.05, 4.69) is 20.3 Å². The van der Waals surface area contributed by atoms with Gasteiger partial charge in [0, 0.05) is 29.9 Å². The van der Waals surface area contributed by atoms with Gasteiger partial charge in [-0.2, -0.15) is 5.10 Å². The van der Waals surface area contributed by atoms with Gasteiger partial charge < -0.3 is 9.73 Å². The van der Waals surface area contributed by atoms with E-state index in [0.29, 0.717) is 28.5 Å². The van der Waals surface area contributed by atoms with Gasteiger partial charge in [-0.25, -0.2) is 4.98 Å². The van der Waals surface area contributed by atoms with Crippen molar-refractivity contribution in [2.24, 2.45) is 11.3 Å². The number of carbonyl (C=O) groups excluding carboxylic acids is 1. The number of hydrogen-bond donors (Lipinski definition) is 1. The molecule has 2 aliphatic rings. The summed E-state index contributed by atoms with van der Waals surface area (Å²) in [4.78, 5) is 32.6. The first kappa shape index (κ1) is 28.4. The third-order valence-corrected chi connectivity index (χ3v) is 9.26.